The minimum atomic E-state index is -1.03. The van der Waals surface area contributed by atoms with Crippen LogP contribution >= 0.6 is 22.7 Å². The third kappa shape index (κ3) is 7.34. The Morgan fingerprint density at radius 3 is 2.17 bits per heavy atom. The summed E-state index contributed by atoms with van der Waals surface area (Å²) in [6.07, 6.45) is 0.0980. The average molecular weight is 616 g/mol. The maximum Gasteiger partial charge on any atom is 0.306 e. The van der Waals surface area contributed by atoms with Gasteiger partial charge in [0.15, 0.2) is 28.8 Å². The van der Waals surface area contributed by atoms with E-state index in [4.69, 9.17) is 29.2 Å². The summed E-state index contributed by atoms with van der Waals surface area (Å²) in [5.74, 6) is -1.62. The number of ether oxygens (including phenoxy) is 4. The van der Waals surface area contributed by atoms with Crippen LogP contribution in [0.2, 0.25) is 0 Å². The van der Waals surface area contributed by atoms with E-state index in [0.29, 0.717) is 45.5 Å². The molecule has 13 heteroatoms. The van der Waals surface area contributed by atoms with E-state index in [1.165, 1.54) is 43.8 Å². The lowest BCUT2D eigenvalue weighted by Gasteiger charge is -2.12. The van der Waals surface area contributed by atoms with Crippen molar-refractivity contribution in [3.05, 3.63) is 40.1 Å². The number of hydrogen-bond donors (Lipinski definition) is 2. The predicted octanol–water partition coefficient (Wildman–Crippen LogP) is 5.72. The summed E-state index contributed by atoms with van der Waals surface area (Å²) >= 11 is 2.50. The number of fused-ring (bicyclic) bond motifs is 2. The number of Topliss-reactive ketones (excluding diaryl/α,β-unsaturated/α-hetero) is 2. The smallest absolute Gasteiger partial charge is 0.306 e. The first kappa shape index (κ1) is 30.7. The molecule has 0 aliphatic carbocycles. The van der Waals surface area contributed by atoms with Crippen LogP contribution in [0.4, 0.5) is 0 Å². The predicted molar refractivity (Wildman–Crippen MR) is 157 cm³/mol. The second-order valence-electron chi connectivity index (χ2n) is 9.38. The molecule has 222 valence electrons. The van der Waals surface area contributed by atoms with Gasteiger partial charge in [-0.2, -0.15) is 0 Å². The van der Waals surface area contributed by atoms with Gasteiger partial charge in [-0.3, -0.25) is 19.2 Å². The van der Waals surface area contributed by atoms with Crippen molar-refractivity contribution in [2.75, 3.05) is 27.4 Å². The first-order chi connectivity index (χ1) is 20.1. The zero-order chi connectivity index (χ0) is 30.4. The van der Waals surface area contributed by atoms with Crippen molar-refractivity contribution in [3.63, 3.8) is 0 Å². The Morgan fingerprint density at radius 2 is 1.48 bits per heavy atom. The number of hydrogen-bond acceptors (Lipinski definition) is 11. The third-order valence-corrected chi connectivity index (χ3v) is 8.52. The molecule has 3 heterocycles. The molecule has 11 nitrogen and oxygen atoms in total. The van der Waals surface area contributed by atoms with Crippen LogP contribution < -0.4 is 18.9 Å². The number of aliphatic carboxylic acids is 2. The number of ketones is 2. The summed E-state index contributed by atoms with van der Waals surface area (Å²) in [6, 6.07) is 8.66. The van der Waals surface area contributed by atoms with E-state index in [0.717, 1.165) is 14.8 Å². The average Bonchev–Trinajstić information content (AvgIpc) is 3.58. The molecule has 0 bridgehead atoms. The number of pyridine rings is 1. The number of benzene rings is 1. The summed E-state index contributed by atoms with van der Waals surface area (Å²) in [4.78, 5) is 52.2. The van der Waals surface area contributed by atoms with Gasteiger partial charge in [0.2, 0.25) is 0 Å². The van der Waals surface area contributed by atoms with Gasteiger partial charge >= 0.3 is 11.9 Å². The van der Waals surface area contributed by atoms with E-state index in [-0.39, 0.29) is 43.3 Å². The molecule has 2 N–H and O–H groups in total. The van der Waals surface area contributed by atoms with Gasteiger partial charge in [-0.15, -0.1) is 22.7 Å². The maximum absolute atomic E-state index is 12.6. The highest BCUT2D eigenvalue weighted by molar-refractivity contribution is 7.21. The van der Waals surface area contributed by atoms with Gasteiger partial charge in [-0.1, -0.05) is 6.92 Å². The molecule has 42 heavy (non-hydrogen) atoms. The van der Waals surface area contributed by atoms with Crippen LogP contribution in [-0.2, 0) is 9.59 Å². The van der Waals surface area contributed by atoms with Crippen molar-refractivity contribution < 1.29 is 48.3 Å². The zero-order valence-corrected chi connectivity index (χ0v) is 24.8. The van der Waals surface area contributed by atoms with Crippen LogP contribution in [0.3, 0.4) is 0 Å². The summed E-state index contributed by atoms with van der Waals surface area (Å²) in [6.45, 7) is 2.05. The molecule has 0 saturated heterocycles. The van der Waals surface area contributed by atoms with Crippen molar-refractivity contribution in [1.82, 2.24) is 4.98 Å². The Kier molecular flexibility index (Phi) is 9.96. The summed E-state index contributed by atoms with van der Waals surface area (Å²) in [5, 5.41) is 18.7. The van der Waals surface area contributed by atoms with E-state index in [1.807, 2.05) is 0 Å². The Morgan fingerprint density at radius 1 is 0.810 bits per heavy atom. The number of nitrogens with zero attached hydrogens (tertiary/aromatic N) is 1. The van der Waals surface area contributed by atoms with Crippen LogP contribution in [0.15, 0.2) is 30.3 Å². The van der Waals surface area contributed by atoms with Crippen molar-refractivity contribution in [2.24, 2.45) is 5.92 Å². The zero-order valence-electron chi connectivity index (χ0n) is 23.1. The van der Waals surface area contributed by atoms with Crippen molar-refractivity contribution in [2.45, 2.75) is 32.6 Å². The SMILES string of the molecule is COc1cc2sc(C(=O)CC(C)C(=O)O)cc2cc1OCCCOc1nc2cc(C(=O)CCC(=O)O)sc2cc1OC. The highest BCUT2D eigenvalue weighted by Gasteiger charge is 2.20. The Hall–Kier alpha value is -4.23. The molecule has 4 aromatic rings. The Labute approximate surface area is 248 Å². The molecule has 0 aliphatic heterocycles. The molecule has 3 aromatic heterocycles. The topological polar surface area (TPSA) is 159 Å². The fraction of sp³-hybridized carbons (Fsp3) is 0.345. The minimum Gasteiger partial charge on any atom is -0.493 e. The lowest BCUT2D eigenvalue weighted by atomic mass is 10.0. The second-order valence-corrected chi connectivity index (χ2v) is 11.5. The molecular formula is C29H29NO10S2. The van der Waals surface area contributed by atoms with E-state index in [1.54, 1.807) is 30.3 Å². The highest BCUT2D eigenvalue weighted by atomic mass is 32.1. The van der Waals surface area contributed by atoms with Gasteiger partial charge in [0, 0.05) is 36.1 Å². The lowest BCUT2D eigenvalue weighted by Crippen LogP contribution is -2.13. The molecule has 0 aliphatic rings. The fourth-order valence-electron chi connectivity index (χ4n) is 4.00. The molecule has 0 spiro atoms. The number of aromatic nitrogens is 1. The van der Waals surface area contributed by atoms with E-state index in [2.05, 4.69) is 4.98 Å². The van der Waals surface area contributed by atoms with Gasteiger partial charge in [-0.05, 0) is 23.6 Å². The standard InChI is InChI=1S/C29H29NO10S2/c1-15(29(35)36)9-19(32)25-11-16-10-21(20(37-2)13-23(16)41-25)39-7-4-8-40-28-22(38-3)14-24-17(30-28)12-26(42-24)18(31)5-6-27(33)34/h10-15H,4-9H2,1-3H3,(H,33,34)(H,35,36). The first-order valence-corrected chi connectivity index (χ1v) is 14.6. The third-order valence-electron chi connectivity index (χ3n) is 6.27. The minimum absolute atomic E-state index is 0.0757. The van der Waals surface area contributed by atoms with Crippen LogP contribution in [0.1, 0.15) is 52.0 Å². The highest BCUT2D eigenvalue weighted by Crippen LogP contribution is 2.38. The van der Waals surface area contributed by atoms with E-state index < -0.39 is 17.9 Å². The maximum atomic E-state index is 12.6. The fourth-order valence-corrected chi connectivity index (χ4v) is 6.02. The number of carbonyl (C=O) groups excluding carboxylic acids is 2. The van der Waals surface area contributed by atoms with E-state index in [9.17, 15) is 19.2 Å². The summed E-state index contributed by atoms with van der Waals surface area (Å²) in [7, 11) is 3.01. The molecule has 1 unspecified atom stereocenters. The molecule has 0 fully saturated rings. The molecule has 0 radical (unpaired) electrons. The molecule has 4 rings (SSSR count). The van der Waals surface area contributed by atoms with Gasteiger partial charge in [0.05, 0.1) is 59.7 Å². The van der Waals surface area contributed by atoms with Crippen molar-refractivity contribution in [1.29, 1.82) is 0 Å². The van der Waals surface area contributed by atoms with Gasteiger partial charge in [0.1, 0.15) is 0 Å². The number of thiophene rings is 2. The molecular weight excluding hydrogens is 586 g/mol. The largest absolute Gasteiger partial charge is 0.493 e. The Bertz CT molecular complexity index is 1640. The first-order valence-electron chi connectivity index (χ1n) is 13.0. The number of carboxylic acids is 2. The van der Waals surface area contributed by atoms with E-state index >= 15 is 0 Å². The van der Waals surface area contributed by atoms with Crippen LogP contribution in [0.25, 0.3) is 20.3 Å². The van der Waals surface area contributed by atoms with Gasteiger partial charge in [-0.25, -0.2) is 4.98 Å². The molecule has 1 atom stereocenters. The molecule has 0 saturated carbocycles. The quantitative estimate of drug-likeness (QED) is 0.117. The van der Waals surface area contributed by atoms with Gasteiger partial charge in [0.25, 0.3) is 5.88 Å². The molecule has 1 aromatic carbocycles. The van der Waals surface area contributed by atoms with Gasteiger partial charge < -0.3 is 29.2 Å². The number of methoxy groups -OCH3 is 2. The lowest BCUT2D eigenvalue weighted by molar-refractivity contribution is -0.141. The monoisotopic (exact) mass is 615 g/mol. The van der Waals surface area contributed by atoms with Crippen molar-refractivity contribution >= 4 is 66.5 Å². The summed E-state index contributed by atoms with van der Waals surface area (Å²) < 4.78 is 24.2. The number of carboxylic acid groups (broad SMARTS) is 2. The Balaban J connectivity index is 1.37. The van der Waals surface area contributed by atoms with Crippen LogP contribution in [0, 0.1) is 5.92 Å². The molecule has 0 amide bonds. The number of rotatable bonds is 16. The van der Waals surface area contributed by atoms with Crippen LogP contribution in [0.5, 0.6) is 23.1 Å². The van der Waals surface area contributed by atoms with Crippen molar-refractivity contribution in [3.8, 4) is 23.1 Å². The van der Waals surface area contributed by atoms with Crippen LogP contribution in [-0.4, -0.2) is 66.1 Å². The number of carbonyl (C=O) groups is 4. The normalized spacial score (nSPS) is 11.8. The summed E-state index contributed by atoms with van der Waals surface area (Å²) in [5.41, 5.74) is 0.551. The second kappa shape index (κ2) is 13.6.